The number of nitrogens with zero attached hydrogens (tertiary/aromatic N) is 3. The van der Waals surface area contributed by atoms with E-state index in [4.69, 9.17) is 4.98 Å². The molecule has 2 aliphatic heterocycles. The van der Waals surface area contributed by atoms with Crippen LogP contribution in [0.2, 0.25) is 0 Å². The zero-order valence-electron chi connectivity index (χ0n) is 17.7. The van der Waals surface area contributed by atoms with Gasteiger partial charge in [0.05, 0.1) is 10.9 Å². The van der Waals surface area contributed by atoms with E-state index in [1.54, 1.807) is 18.2 Å². The van der Waals surface area contributed by atoms with Gasteiger partial charge in [-0.3, -0.25) is 19.1 Å². The second-order valence-electron chi connectivity index (χ2n) is 8.71. The molecule has 2 aliphatic rings. The van der Waals surface area contributed by atoms with Crippen molar-refractivity contribution in [2.24, 2.45) is 0 Å². The summed E-state index contributed by atoms with van der Waals surface area (Å²) in [4.78, 5) is 32.9. The van der Waals surface area contributed by atoms with Crippen molar-refractivity contribution in [2.45, 2.75) is 51.2 Å². The Kier molecular flexibility index (Phi) is 5.55. The zero-order valence-corrected chi connectivity index (χ0v) is 17.7. The molecule has 1 amide bonds. The number of nitrogens with one attached hydrogen (secondary N) is 1. The Morgan fingerprint density at radius 1 is 1.06 bits per heavy atom. The summed E-state index contributed by atoms with van der Waals surface area (Å²) in [5.74, 6) is 0.755. The van der Waals surface area contributed by atoms with Gasteiger partial charge in [0.1, 0.15) is 5.82 Å². The second kappa shape index (κ2) is 8.63. The minimum absolute atomic E-state index is 0.0150. The van der Waals surface area contributed by atoms with Crippen LogP contribution in [0.4, 0.5) is 0 Å². The SMILES string of the molecule is O=C(N[C@H]1CCN(Cc2ccccc2)C1)c1ccc2c(=O)n3c(nc2c1)CCCCC3. The summed E-state index contributed by atoms with van der Waals surface area (Å²) in [5, 5.41) is 3.77. The van der Waals surface area contributed by atoms with Crippen LogP contribution in [0.25, 0.3) is 10.9 Å². The molecule has 1 saturated heterocycles. The predicted octanol–water partition coefficient (Wildman–Crippen LogP) is 3.13. The van der Waals surface area contributed by atoms with Crippen LogP contribution in [0.3, 0.4) is 0 Å². The lowest BCUT2D eigenvalue weighted by molar-refractivity contribution is 0.0937. The van der Waals surface area contributed by atoms with E-state index in [0.29, 0.717) is 16.5 Å². The van der Waals surface area contributed by atoms with Crippen LogP contribution in [0.1, 0.15) is 47.4 Å². The minimum atomic E-state index is -0.0923. The first-order valence-electron chi connectivity index (χ1n) is 11.3. The van der Waals surface area contributed by atoms with Crippen LogP contribution in [-0.2, 0) is 19.5 Å². The molecule has 31 heavy (non-hydrogen) atoms. The van der Waals surface area contributed by atoms with E-state index in [1.165, 1.54) is 5.56 Å². The fourth-order valence-corrected chi connectivity index (χ4v) is 4.76. The minimum Gasteiger partial charge on any atom is -0.348 e. The largest absolute Gasteiger partial charge is 0.348 e. The molecule has 0 aliphatic carbocycles. The first-order valence-corrected chi connectivity index (χ1v) is 11.3. The molecule has 3 aromatic rings. The normalized spacial score (nSPS) is 19.2. The van der Waals surface area contributed by atoms with Crippen molar-refractivity contribution in [3.63, 3.8) is 0 Å². The highest BCUT2D eigenvalue weighted by molar-refractivity contribution is 5.97. The van der Waals surface area contributed by atoms with Gasteiger partial charge >= 0.3 is 0 Å². The number of rotatable bonds is 4. The fraction of sp³-hybridized carbons (Fsp3) is 0.400. The number of amides is 1. The maximum Gasteiger partial charge on any atom is 0.261 e. The molecular weight excluding hydrogens is 388 g/mol. The number of hydrogen-bond donors (Lipinski definition) is 1. The van der Waals surface area contributed by atoms with E-state index in [9.17, 15) is 9.59 Å². The maximum absolute atomic E-state index is 12.9. The summed E-state index contributed by atoms with van der Waals surface area (Å²) in [7, 11) is 0. The third-order valence-corrected chi connectivity index (χ3v) is 6.44. The van der Waals surface area contributed by atoms with Gasteiger partial charge < -0.3 is 5.32 Å². The van der Waals surface area contributed by atoms with Crippen molar-refractivity contribution in [1.82, 2.24) is 19.8 Å². The third kappa shape index (κ3) is 4.26. The molecular formula is C25H28N4O2. The predicted molar refractivity (Wildman–Crippen MR) is 121 cm³/mol. The van der Waals surface area contributed by atoms with Crippen molar-refractivity contribution in [2.75, 3.05) is 13.1 Å². The van der Waals surface area contributed by atoms with Crippen molar-refractivity contribution < 1.29 is 4.79 Å². The van der Waals surface area contributed by atoms with Gasteiger partial charge in [0.15, 0.2) is 0 Å². The number of likely N-dealkylation sites (tertiary alicyclic amines) is 1. The summed E-state index contributed by atoms with van der Waals surface area (Å²) < 4.78 is 1.81. The Balaban J connectivity index is 1.29. The van der Waals surface area contributed by atoms with Gasteiger partial charge in [-0.1, -0.05) is 36.8 Å². The monoisotopic (exact) mass is 416 g/mol. The number of hydrogen-bond acceptors (Lipinski definition) is 4. The molecule has 0 unspecified atom stereocenters. The van der Waals surface area contributed by atoms with Crippen LogP contribution in [0.15, 0.2) is 53.3 Å². The highest BCUT2D eigenvalue weighted by atomic mass is 16.1. The molecule has 1 fully saturated rings. The molecule has 1 atom stereocenters. The number of aryl methyl sites for hydroxylation is 1. The molecule has 0 bridgehead atoms. The van der Waals surface area contributed by atoms with E-state index in [-0.39, 0.29) is 17.5 Å². The molecule has 0 radical (unpaired) electrons. The van der Waals surface area contributed by atoms with Gasteiger partial charge in [-0.05, 0) is 43.0 Å². The van der Waals surface area contributed by atoms with Gasteiger partial charge in [0.2, 0.25) is 0 Å². The standard InChI is InChI=1S/C25H28N4O2/c30-24(26-20-12-14-28(17-20)16-18-7-3-1-4-8-18)19-10-11-21-22(15-19)27-23-9-5-2-6-13-29(23)25(21)31/h1,3-4,7-8,10-11,15,20H,2,5-6,9,12-14,16-17H2,(H,26,30)/t20-/m0/s1. The maximum atomic E-state index is 12.9. The summed E-state index contributed by atoms with van der Waals surface area (Å²) in [6.07, 6.45) is 4.96. The number of fused-ring (bicyclic) bond motifs is 2. The Hall–Kier alpha value is -2.99. The quantitative estimate of drug-likeness (QED) is 0.710. The van der Waals surface area contributed by atoms with E-state index in [2.05, 4.69) is 34.5 Å². The lowest BCUT2D eigenvalue weighted by Gasteiger charge is -2.17. The van der Waals surface area contributed by atoms with E-state index in [0.717, 1.165) is 64.1 Å². The van der Waals surface area contributed by atoms with Crippen LogP contribution >= 0.6 is 0 Å². The smallest absolute Gasteiger partial charge is 0.261 e. The summed E-state index contributed by atoms with van der Waals surface area (Å²) in [6.45, 7) is 3.46. The zero-order chi connectivity index (χ0) is 21.2. The molecule has 1 aromatic heterocycles. The highest BCUT2D eigenvalue weighted by Crippen LogP contribution is 2.18. The summed E-state index contributed by atoms with van der Waals surface area (Å²) in [5.41, 5.74) is 2.50. The van der Waals surface area contributed by atoms with E-state index < -0.39 is 0 Å². The first-order chi connectivity index (χ1) is 15.2. The van der Waals surface area contributed by atoms with Gasteiger partial charge in [-0.15, -0.1) is 0 Å². The average Bonchev–Trinajstić information content (AvgIpc) is 3.07. The van der Waals surface area contributed by atoms with Gasteiger partial charge in [-0.25, -0.2) is 4.98 Å². The summed E-state index contributed by atoms with van der Waals surface area (Å²) in [6, 6.07) is 15.8. The average molecular weight is 417 g/mol. The summed E-state index contributed by atoms with van der Waals surface area (Å²) >= 11 is 0. The first kappa shape index (κ1) is 19.9. The van der Waals surface area contributed by atoms with Gasteiger partial charge in [0, 0.05) is 44.2 Å². The molecule has 6 heteroatoms. The second-order valence-corrected chi connectivity index (χ2v) is 8.71. The molecule has 160 valence electrons. The molecule has 1 N–H and O–H groups in total. The van der Waals surface area contributed by atoms with Crippen LogP contribution in [-0.4, -0.2) is 39.5 Å². The molecule has 3 heterocycles. The van der Waals surface area contributed by atoms with Crippen molar-refractivity contribution >= 4 is 16.8 Å². The lowest BCUT2D eigenvalue weighted by Crippen LogP contribution is -2.37. The number of carbonyl (C=O) groups excluding carboxylic acids is 1. The Labute approximate surface area is 181 Å². The van der Waals surface area contributed by atoms with Crippen LogP contribution in [0.5, 0.6) is 0 Å². The molecule has 0 saturated carbocycles. The van der Waals surface area contributed by atoms with Crippen molar-refractivity contribution in [1.29, 1.82) is 0 Å². The van der Waals surface area contributed by atoms with Gasteiger partial charge in [-0.2, -0.15) is 0 Å². The fourth-order valence-electron chi connectivity index (χ4n) is 4.76. The Bertz CT molecular complexity index is 1160. The Morgan fingerprint density at radius 2 is 1.94 bits per heavy atom. The third-order valence-electron chi connectivity index (χ3n) is 6.44. The van der Waals surface area contributed by atoms with Crippen molar-refractivity contribution in [3.8, 4) is 0 Å². The number of benzene rings is 2. The molecule has 5 rings (SSSR count). The van der Waals surface area contributed by atoms with Gasteiger partial charge in [0.25, 0.3) is 11.5 Å². The Morgan fingerprint density at radius 3 is 2.81 bits per heavy atom. The highest BCUT2D eigenvalue weighted by Gasteiger charge is 2.24. The lowest BCUT2D eigenvalue weighted by atomic mass is 10.1. The van der Waals surface area contributed by atoms with E-state index >= 15 is 0 Å². The number of aromatic nitrogens is 2. The topological polar surface area (TPSA) is 67.2 Å². The van der Waals surface area contributed by atoms with Crippen molar-refractivity contribution in [3.05, 3.63) is 75.8 Å². The molecule has 2 aromatic carbocycles. The molecule has 6 nitrogen and oxygen atoms in total. The van der Waals surface area contributed by atoms with Crippen LogP contribution in [0, 0.1) is 0 Å². The van der Waals surface area contributed by atoms with Crippen LogP contribution < -0.4 is 10.9 Å². The number of carbonyl (C=O) groups is 1. The van der Waals surface area contributed by atoms with E-state index in [1.807, 2.05) is 10.6 Å². The molecule has 0 spiro atoms.